The van der Waals surface area contributed by atoms with E-state index in [0.717, 1.165) is 68.3 Å². The van der Waals surface area contributed by atoms with Gasteiger partial charge in [0.1, 0.15) is 18.2 Å². The number of hydrogen-bond acceptors (Lipinski definition) is 8. The van der Waals surface area contributed by atoms with Crippen LogP contribution >= 0.6 is 11.8 Å². The molecule has 3 unspecified atom stereocenters. The SMILES string of the molecule is C=C(/C=C(\C=C/C(C)CC)c1ccc(C2=CCC(C)c3ccc(F)cc3S2)cc1)NCCOCCOCCOc1ccc(C(=O)C(C)C)c(CC)c1.CC.CC1CCC(=O)NC1=O. The van der Waals surface area contributed by atoms with Crippen molar-refractivity contribution in [3.63, 3.8) is 0 Å². The normalized spacial score (nSPS) is 16.7. The Labute approximate surface area is 381 Å². The number of rotatable bonds is 20. The summed E-state index contributed by atoms with van der Waals surface area (Å²) in [5.41, 5.74) is 7.11. The second-order valence-corrected chi connectivity index (χ2v) is 17.1. The second-order valence-electron chi connectivity index (χ2n) is 16.0. The maximum absolute atomic E-state index is 14.1. The van der Waals surface area contributed by atoms with Gasteiger partial charge in [0.15, 0.2) is 5.78 Å². The molecule has 2 aliphatic rings. The highest BCUT2D eigenvalue weighted by atomic mass is 32.2. The Morgan fingerprint density at radius 1 is 0.937 bits per heavy atom. The molecule has 1 fully saturated rings. The van der Waals surface area contributed by atoms with E-state index in [1.165, 1.54) is 5.56 Å². The number of Topliss-reactive ketones (excluding diaryl/α,β-unsaturated/α-hetero) is 1. The largest absolute Gasteiger partial charge is 0.491 e. The third kappa shape index (κ3) is 17.7. The third-order valence-corrected chi connectivity index (χ3v) is 11.9. The van der Waals surface area contributed by atoms with E-state index in [0.29, 0.717) is 64.3 Å². The zero-order valence-corrected chi connectivity index (χ0v) is 39.9. The molecule has 0 spiro atoms. The summed E-state index contributed by atoms with van der Waals surface area (Å²) in [5.74, 6) is 1.23. The van der Waals surface area contributed by atoms with Crippen molar-refractivity contribution in [3.8, 4) is 5.75 Å². The number of aryl methyl sites for hydroxylation is 1. The molecule has 342 valence electrons. The number of carbonyl (C=O) groups excluding carboxylic acids is 3. The van der Waals surface area contributed by atoms with Crippen LogP contribution in [0.15, 0.2) is 102 Å². The monoisotopic (exact) mass is 883 g/mol. The zero-order valence-electron chi connectivity index (χ0n) is 39.1. The van der Waals surface area contributed by atoms with Gasteiger partial charge in [0.2, 0.25) is 11.8 Å². The Balaban J connectivity index is 0.000000842. The van der Waals surface area contributed by atoms with Crippen LogP contribution in [0.25, 0.3) is 10.5 Å². The molecular formula is C53H71FN2O6S. The molecule has 2 amide bonds. The number of benzene rings is 3. The molecule has 2 N–H and O–H groups in total. The summed E-state index contributed by atoms with van der Waals surface area (Å²) in [5, 5.41) is 5.62. The number of thioether (sulfide) groups is 1. The van der Waals surface area contributed by atoms with Gasteiger partial charge in [0, 0.05) is 45.9 Å². The number of imide groups is 1. The number of halogens is 1. The Morgan fingerprint density at radius 2 is 1.63 bits per heavy atom. The number of ketones is 1. The highest BCUT2D eigenvalue weighted by Crippen LogP contribution is 2.43. The first kappa shape index (κ1) is 52.6. The van der Waals surface area contributed by atoms with Crippen LogP contribution in [-0.2, 0) is 25.5 Å². The number of fused-ring (bicyclic) bond motifs is 1. The smallest absolute Gasteiger partial charge is 0.229 e. The number of ether oxygens (including phenoxy) is 3. The van der Waals surface area contributed by atoms with Crippen molar-refractivity contribution in [1.29, 1.82) is 0 Å². The van der Waals surface area contributed by atoms with Crippen LogP contribution in [0.5, 0.6) is 5.75 Å². The molecule has 63 heavy (non-hydrogen) atoms. The standard InChI is InChI=1S/C45H56FNO4S.C6H9NO2.C2H6/c1-8-32(5)10-12-38(36-13-15-37(16-14-36)43-21-11-33(6)41-19-17-39(46)30-44(41)52-43)28-34(7)47-22-23-49-24-25-50-26-27-51-40-18-20-42(35(9-2)29-40)45(48)31(3)4;1-4-2-3-5(8)7-6(4)9;1-2/h10,12-21,28-33,47H,7-9,11,22-27H2,1-6H3;4H,2-3H2,1H3,(H,7,8,9);1-2H3/b12-10-,38-28+;;. The van der Waals surface area contributed by atoms with Crippen molar-refractivity contribution in [1.82, 2.24) is 10.6 Å². The van der Waals surface area contributed by atoms with E-state index in [9.17, 15) is 18.8 Å². The van der Waals surface area contributed by atoms with E-state index < -0.39 is 0 Å². The van der Waals surface area contributed by atoms with Crippen LogP contribution in [0.3, 0.4) is 0 Å². The molecule has 3 aromatic rings. The Bertz CT molecular complexity index is 2040. The molecule has 8 nitrogen and oxygen atoms in total. The number of hydrogen-bond donors (Lipinski definition) is 2. The van der Waals surface area contributed by atoms with E-state index >= 15 is 0 Å². The quantitative estimate of drug-likeness (QED) is 0.0501. The first-order chi connectivity index (χ1) is 30.3. The van der Waals surface area contributed by atoms with Crippen molar-refractivity contribution in [2.45, 2.75) is 105 Å². The van der Waals surface area contributed by atoms with Gasteiger partial charge in [-0.2, -0.15) is 0 Å². The molecule has 1 saturated heterocycles. The van der Waals surface area contributed by atoms with Crippen molar-refractivity contribution < 1.29 is 33.0 Å². The number of nitrogens with one attached hydrogen (secondary N) is 2. The van der Waals surface area contributed by atoms with Crippen molar-refractivity contribution in [3.05, 3.63) is 131 Å². The van der Waals surface area contributed by atoms with Crippen molar-refractivity contribution in [2.24, 2.45) is 17.8 Å². The molecule has 3 atom stereocenters. The summed E-state index contributed by atoms with van der Waals surface area (Å²) in [6, 6.07) is 19.4. The fraction of sp³-hybridized carbons (Fsp3) is 0.453. The highest BCUT2D eigenvalue weighted by molar-refractivity contribution is 8.08. The highest BCUT2D eigenvalue weighted by Gasteiger charge is 2.22. The van der Waals surface area contributed by atoms with Crippen molar-refractivity contribution in [2.75, 3.05) is 39.6 Å². The molecule has 2 heterocycles. The van der Waals surface area contributed by atoms with Gasteiger partial charge in [-0.25, -0.2) is 4.39 Å². The molecule has 0 aliphatic carbocycles. The lowest BCUT2D eigenvalue weighted by molar-refractivity contribution is -0.135. The van der Waals surface area contributed by atoms with Crippen LogP contribution in [0.2, 0.25) is 0 Å². The maximum atomic E-state index is 14.1. The van der Waals surface area contributed by atoms with Gasteiger partial charge in [0.25, 0.3) is 0 Å². The minimum absolute atomic E-state index is 0.0164. The number of carbonyl (C=O) groups is 3. The summed E-state index contributed by atoms with van der Waals surface area (Å²) in [6.07, 6.45) is 12.7. The number of piperidine rings is 1. The average Bonchev–Trinajstić information content (AvgIpc) is 3.45. The van der Waals surface area contributed by atoms with E-state index in [2.05, 4.69) is 86.6 Å². The molecule has 0 aromatic heterocycles. The number of allylic oxidation sites excluding steroid dienone is 5. The van der Waals surface area contributed by atoms with Gasteiger partial charge >= 0.3 is 0 Å². The minimum atomic E-state index is -0.198. The first-order valence-corrected chi connectivity index (χ1v) is 23.5. The predicted molar refractivity (Wildman–Crippen MR) is 258 cm³/mol. The molecule has 10 heteroatoms. The van der Waals surface area contributed by atoms with Crippen LogP contribution < -0.4 is 15.4 Å². The molecule has 0 radical (unpaired) electrons. The Hall–Kier alpha value is -4.77. The van der Waals surface area contributed by atoms with Gasteiger partial charge in [-0.15, -0.1) is 0 Å². The van der Waals surface area contributed by atoms with Gasteiger partial charge in [-0.1, -0.05) is 136 Å². The molecule has 2 aliphatic heterocycles. The first-order valence-electron chi connectivity index (χ1n) is 22.7. The lowest BCUT2D eigenvalue weighted by atomic mass is 9.95. The van der Waals surface area contributed by atoms with Crippen molar-refractivity contribution >= 4 is 39.8 Å². The number of amides is 2. The van der Waals surface area contributed by atoms with Crippen LogP contribution in [0.1, 0.15) is 127 Å². The van der Waals surface area contributed by atoms with Gasteiger partial charge < -0.3 is 19.5 Å². The molecule has 3 aromatic carbocycles. The van der Waals surface area contributed by atoms with Gasteiger partial charge in [-0.3, -0.25) is 19.7 Å². The Kier molecular flexibility index (Phi) is 23.5. The average molecular weight is 883 g/mol. The molecule has 5 rings (SSSR count). The lowest BCUT2D eigenvalue weighted by Gasteiger charge is -2.15. The minimum Gasteiger partial charge on any atom is -0.491 e. The molecular weight excluding hydrogens is 812 g/mol. The van der Waals surface area contributed by atoms with E-state index in [1.54, 1.807) is 23.9 Å². The summed E-state index contributed by atoms with van der Waals surface area (Å²) < 4.78 is 31.4. The summed E-state index contributed by atoms with van der Waals surface area (Å²) in [6.45, 7) is 25.6. The molecule has 0 bridgehead atoms. The van der Waals surface area contributed by atoms with E-state index in [4.69, 9.17) is 14.2 Å². The van der Waals surface area contributed by atoms with Gasteiger partial charge in [-0.05, 0) is 95.3 Å². The van der Waals surface area contributed by atoms with E-state index in [-0.39, 0.29) is 35.3 Å². The fourth-order valence-corrected chi connectivity index (χ4v) is 7.81. The fourth-order valence-electron chi connectivity index (χ4n) is 6.58. The van der Waals surface area contributed by atoms with Crippen LogP contribution in [-0.4, -0.2) is 57.2 Å². The second kappa shape index (κ2) is 28.1. The summed E-state index contributed by atoms with van der Waals surface area (Å²) >= 11 is 1.65. The van der Waals surface area contributed by atoms with E-state index in [1.807, 2.05) is 65.8 Å². The Morgan fingerprint density at radius 3 is 2.29 bits per heavy atom. The summed E-state index contributed by atoms with van der Waals surface area (Å²) in [4.78, 5) is 35.8. The van der Waals surface area contributed by atoms with Crippen LogP contribution in [0, 0.1) is 23.6 Å². The lowest BCUT2D eigenvalue weighted by Crippen LogP contribution is -2.39. The predicted octanol–water partition coefficient (Wildman–Crippen LogP) is 12.2. The third-order valence-electron chi connectivity index (χ3n) is 10.7. The van der Waals surface area contributed by atoms with Crippen LogP contribution in [0.4, 0.5) is 4.39 Å². The topological polar surface area (TPSA) is 103 Å². The summed E-state index contributed by atoms with van der Waals surface area (Å²) in [7, 11) is 0. The zero-order chi connectivity index (χ0) is 46.3. The molecule has 0 saturated carbocycles. The maximum Gasteiger partial charge on any atom is 0.229 e. The van der Waals surface area contributed by atoms with Gasteiger partial charge in [0.05, 0.1) is 26.4 Å².